The molecular weight excluding hydrogens is 384 g/mol. The summed E-state index contributed by atoms with van der Waals surface area (Å²) in [6.07, 6.45) is 0. The second-order valence-corrected chi connectivity index (χ2v) is 7.85. The third-order valence-electron chi connectivity index (χ3n) is 3.76. The van der Waals surface area contributed by atoms with Crippen LogP contribution in [0.3, 0.4) is 0 Å². The van der Waals surface area contributed by atoms with Gasteiger partial charge in [-0.1, -0.05) is 0 Å². The predicted molar refractivity (Wildman–Crippen MR) is 106 cm³/mol. The van der Waals surface area contributed by atoms with Crippen LogP contribution in [0.5, 0.6) is 17.2 Å². The van der Waals surface area contributed by atoms with Crippen molar-refractivity contribution >= 4 is 21.6 Å². The van der Waals surface area contributed by atoms with Crippen LogP contribution in [-0.2, 0) is 10.0 Å². The van der Waals surface area contributed by atoms with E-state index < -0.39 is 15.9 Å². The zero-order valence-corrected chi connectivity index (χ0v) is 17.2. The summed E-state index contributed by atoms with van der Waals surface area (Å²) in [5.74, 6) is 0.537. The minimum Gasteiger partial charge on any atom is -0.493 e. The number of ether oxygens (including phenoxy) is 3. The van der Waals surface area contributed by atoms with Crippen molar-refractivity contribution in [3.63, 3.8) is 0 Å². The lowest BCUT2D eigenvalue weighted by molar-refractivity contribution is 0.102. The third kappa shape index (κ3) is 4.73. The monoisotopic (exact) mass is 408 g/mol. The van der Waals surface area contributed by atoms with Gasteiger partial charge in [0.15, 0.2) is 11.5 Å². The van der Waals surface area contributed by atoms with Gasteiger partial charge in [-0.25, -0.2) is 13.1 Å². The number of rotatable bonds is 8. The van der Waals surface area contributed by atoms with Gasteiger partial charge in [-0.15, -0.1) is 0 Å². The smallest absolute Gasteiger partial charge is 0.259 e. The molecule has 0 spiro atoms. The van der Waals surface area contributed by atoms with Crippen molar-refractivity contribution in [2.75, 3.05) is 26.6 Å². The Morgan fingerprint density at radius 3 is 2.00 bits per heavy atom. The van der Waals surface area contributed by atoms with E-state index in [0.29, 0.717) is 17.2 Å². The Kier molecular flexibility index (Phi) is 6.87. The summed E-state index contributed by atoms with van der Waals surface area (Å²) >= 11 is 0. The van der Waals surface area contributed by atoms with E-state index in [4.69, 9.17) is 14.2 Å². The molecule has 2 rings (SSSR count). The molecule has 0 aliphatic carbocycles. The lowest BCUT2D eigenvalue weighted by Gasteiger charge is -2.15. The first kappa shape index (κ1) is 21.5. The van der Waals surface area contributed by atoms with Crippen molar-refractivity contribution in [3.05, 3.63) is 42.0 Å². The van der Waals surface area contributed by atoms with Gasteiger partial charge in [0.1, 0.15) is 0 Å². The number of hydrogen-bond acceptors (Lipinski definition) is 6. The van der Waals surface area contributed by atoms with Crippen molar-refractivity contribution in [1.82, 2.24) is 4.72 Å². The fraction of sp³-hybridized carbons (Fsp3) is 0.316. The lowest BCUT2D eigenvalue weighted by Crippen LogP contribution is -2.30. The van der Waals surface area contributed by atoms with E-state index in [2.05, 4.69) is 10.0 Å². The van der Waals surface area contributed by atoms with Gasteiger partial charge in [-0.3, -0.25) is 4.79 Å². The van der Waals surface area contributed by atoms with E-state index in [1.54, 1.807) is 26.0 Å². The number of amides is 1. The summed E-state index contributed by atoms with van der Waals surface area (Å²) in [7, 11) is 0.766. The number of hydrogen-bond donors (Lipinski definition) is 2. The van der Waals surface area contributed by atoms with E-state index in [1.165, 1.54) is 45.6 Å². The van der Waals surface area contributed by atoms with Gasteiger partial charge in [0.2, 0.25) is 15.8 Å². The average molecular weight is 408 g/mol. The number of carbonyl (C=O) groups excluding carboxylic acids is 1. The molecule has 28 heavy (non-hydrogen) atoms. The molecule has 0 aliphatic rings. The van der Waals surface area contributed by atoms with Gasteiger partial charge in [-0.05, 0) is 50.2 Å². The lowest BCUT2D eigenvalue weighted by atomic mass is 10.1. The quantitative estimate of drug-likeness (QED) is 0.696. The Morgan fingerprint density at radius 2 is 1.50 bits per heavy atom. The predicted octanol–water partition coefficient (Wildman–Crippen LogP) is 2.65. The number of nitrogens with one attached hydrogen (secondary N) is 2. The molecule has 0 atom stereocenters. The van der Waals surface area contributed by atoms with Crippen LogP contribution in [0.1, 0.15) is 24.2 Å². The van der Waals surface area contributed by atoms with Crippen molar-refractivity contribution in [2.45, 2.75) is 24.8 Å². The largest absolute Gasteiger partial charge is 0.493 e. The molecule has 0 fully saturated rings. The van der Waals surface area contributed by atoms with E-state index in [-0.39, 0.29) is 22.3 Å². The zero-order valence-electron chi connectivity index (χ0n) is 16.4. The van der Waals surface area contributed by atoms with Crippen LogP contribution in [0.15, 0.2) is 41.3 Å². The molecule has 9 heteroatoms. The number of anilines is 1. The molecule has 0 aliphatic heterocycles. The van der Waals surface area contributed by atoms with Crippen molar-refractivity contribution in [2.24, 2.45) is 0 Å². The second kappa shape index (κ2) is 8.94. The highest BCUT2D eigenvalue weighted by molar-refractivity contribution is 7.89. The first-order valence-electron chi connectivity index (χ1n) is 8.46. The Morgan fingerprint density at radius 1 is 0.893 bits per heavy atom. The highest BCUT2D eigenvalue weighted by Crippen LogP contribution is 2.39. The zero-order chi connectivity index (χ0) is 20.9. The summed E-state index contributed by atoms with van der Waals surface area (Å²) in [6, 6.07) is 8.81. The number of carbonyl (C=O) groups is 1. The molecule has 2 aromatic rings. The molecule has 0 aromatic heterocycles. The molecule has 2 aromatic carbocycles. The number of methoxy groups -OCH3 is 3. The topological polar surface area (TPSA) is 103 Å². The Hall–Kier alpha value is -2.78. The van der Waals surface area contributed by atoms with Crippen LogP contribution >= 0.6 is 0 Å². The number of sulfonamides is 1. The molecule has 0 saturated carbocycles. The van der Waals surface area contributed by atoms with Crippen LogP contribution in [0.2, 0.25) is 0 Å². The molecular formula is C19H24N2O6S. The molecule has 0 unspecified atom stereocenters. The molecule has 0 bridgehead atoms. The Balaban J connectivity index is 2.26. The fourth-order valence-corrected chi connectivity index (χ4v) is 3.83. The van der Waals surface area contributed by atoms with Gasteiger partial charge in [0.05, 0.1) is 31.8 Å². The second-order valence-electron chi connectivity index (χ2n) is 6.14. The van der Waals surface area contributed by atoms with Gasteiger partial charge in [0.25, 0.3) is 5.91 Å². The van der Waals surface area contributed by atoms with Gasteiger partial charge < -0.3 is 19.5 Å². The molecule has 1 amide bonds. The summed E-state index contributed by atoms with van der Waals surface area (Å²) < 4.78 is 42.6. The number of benzene rings is 2. The first-order chi connectivity index (χ1) is 13.2. The van der Waals surface area contributed by atoms with Crippen LogP contribution in [0.4, 0.5) is 5.69 Å². The van der Waals surface area contributed by atoms with Gasteiger partial charge in [0, 0.05) is 11.7 Å². The van der Waals surface area contributed by atoms with Crippen LogP contribution < -0.4 is 24.2 Å². The standard InChI is InChI=1S/C19H24N2O6S/c1-12(2)21-28(23,24)14-8-6-13(7-9-14)20-19(22)15-10-11-16(25-3)18(27-5)17(15)26-4/h6-12,21H,1-5H3,(H,20,22). The minimum absolute atomic E-state index is 0.114. The maximum atomic E-state index is 12.7. The summed E-state index contributed by atoms with van der Waals surface area (Å²) in [5.41, 5.74) is 0.684. The highest BCUT2D eigenvalue weighted by atomic mass is 32.2. The average Bonchev–Trinajstić information content (AvgIpc) is 2.65. The van der Waals surface area contributed by atoms with Gasteiger partial charge in [-0.2, -0.15) is 0 Å². The molecule has 152 valence electrons. The summed E-state index contributed by atoms with van der Waals surface area (Å²) in [6.45, 7) is 3.48. The summed E-state index contributed by atoms with van der Waals surface area (Å²) in [5, 5.41) is 2.71. The molecule has 0 radical (unpaired) electrons. The molecule has 0 saturated heterocycles. The Bertz CT molecular complexity index is 940. The van der Waals surface area contributed by atoms with E-state index >= 15 is 0 Å². The summed E-state index contributed by atoms with van der Waals surface area (Å²) in [4.78, 5) is 12.8. The van der Waals surface area contributed by atoms with Gasteiger partial charge >= 0.3 is 0 Å². The van der Waals surface area contributed by atoms with Crippen molar-refractivity contribution in [1.29, 1.82) is 0 Å². The van der Waals surface area contributed by atoms with E-state index in [9.17, 15) is 13.2 Å². The molecule has 8 nitrogen and oxygen atoms in total. The maximum absolute atomic E-state index is 12.7. The molecule has 2 N–H and O–H groups in total. The van der Waals surface area contributed by atoms with E-state index in [1.807, 2.05) is 0 Å². The first-order valence-corrected chi connectivity index (χ1v) is 9.94. The minimum atomic E-state index is -3.60. The van der Waals surface area contributed by atoms with Crippen LogP contribution in [0, 0.1) is 0 Å². The van der Waals surface area contributed by atoms with Crippen molar-refractivity contribution < 1.29 is 27.4 Å². The molecule has 0 heterocycles. The van der Waals surface area contributed by atoms with Crippen molar-refractivity contribution in [3.8, 4) is 17.2 Å². The van der Waals surface area contributed by atoms with Crippen LogP contribution in [-0.4, -0.2) is 41.7 Å². The Labute approximate surface area is 164 Å². The normalized spacial score (nSPS) is 11.2. The van der Waals surface area contributed by atoms with Crippen LogP contribution in [0.25, 0.3) is 0 Å². The SMILES string of the molecule is COc1ccc(C(=O)Nc2ccc(S(=O)(=O)NC(C)C)cc2)c(OC)c1OC. The maximum Gasteiger partial charge on any atom is 0.259 e. The fourth-order valence-electron chi connectivity index (χ4n) is 2.57. The van der Waals surface area contributed by atoms with E-state index in [0.717, 1.165) is 0 Å². The third-order valence-corrected chi connectivity index (χ3v) is 5.44. The highest BCUT2D eigenvalue weighted by Gasteiger charge is 2.21.